The molecule has 2 aromatic rings. The van der Waals surface area contributed by atoms with Gasteiger partial charge in [-0.15, -0.1) is 11.3 Å². The largest absolute Gasteiger partial charge is 0.381 e. The van der Waals surface area contributed by atoms with Crippen LogP contribution < -0.4 is 5.32 Å². The number of hydrogen-bond acceptors (Lipinski definition) is 6. The maximum atomic E-state index is 12.5. The van der Waals surface area contributed by atoms with E-state index in [1.165, 1.54) is 17.8 Å². The molecule has 0 aromatic carbocycles. The topological polar surface area (TPSA) is 72.3 Å². The zero-order valence-corrected chi connectivity index (χ0v) is 15.9. The van der Waals surface area contributed by atoms with E-state index in [1.807, 2.05) is 13.2 Å². The molecule has 0 bridgehead atoms. The SMILES string of the molecule is Cn1cc(-c2ncc(C(=O)NC3CCN(CC4CCOC4)CC3)s2)cn1. The van der Waals surface area contributed by atoms with Crippen molar-refractivity contribution < 1.29 is 9.53 Å². The molecule has 140 valence electrons. The van der Waals surface area contributed by atoms with Crippen molar-refractivity contribution in [3.05, 3.63) is 23.5 Å². The van der Waals surface area contributed by atoms with Gasteiger partial charge < -0.3 is 15.0 Å². The number of nitrogens with zero attached hydrogens (tertiary/aromatic N) is 4. The van der Waals surface area contributed by atoms with Gasteiger partial charge in [-0.05, 0) is 25.2 Å². The van der Waals surface area contributed by atoms with Crippen LogP contribution in [0.2, 0.25) is 0 Å². The van der Waals surface area contributed by atoms with Gasteiger partial charge in [0.15, 0.2) is 0 Å². The van der Waals surface area contributed by atoms with Crippen molar-refractivity contribution in [1.82, 2.24) is 25.0 Å². The molecule has 0 spiro atoms. The number of ether oxygens (including phenoxy) is 1. The minimum absolute atomic E-state index is 0.0136. The number of hydrogen-bond donors (Lipinski definition) is 1. The fourth-order valence-electron chi connectivity index (χ4n) is 3.65. The molecule has 2 aliphatic rings. The van der Waals surface area contributed by atoms with Crippen LogP contribution in [0.4, 0.5) is 0 Å². The molecular formula is C18H25N5O2S. The summed E-state index contributed by atoms with van der Waals surface area (Å²) in [6.07, 6.45) is 8.54. The van der Waals surface area contributed by atoms with E-state index in [0.717, 1.165) is 56.3 Å². The predicted octanol–water partition coefficient (Wildman–Crippen LogP) is 1.77. The highest BCUT2D eigenvalue weighted by molar-refractivity contribution is 7.16. The molecular weight excluding hydrogens is 350 g/mol. The van der Waals surface area contributed by atoms with Crippen LogP contribution in [0.5, 0.6) is 0 Å². The van der Waals surface area contributed by atoms with E-state index in [-0.39, 0.29) is 11.9 Å². The molecule has 0 aliphatic carbocycles. The molecule has 1 amide bonds. The van der Waals surface area contributed by atoms with Crippen LogP contribution in [0.3, 0.4) is 0 Å². The van der Waals surface area contributed by atoms with Gasteiger partial charge in [0, 0.05) is 51.1 Å². The van der Waals surface area contributed by atoms with Crippen LogP contribution >= 0.6 is 11.3 Å². The molecule has 8 heteroatoms. The van der Waals surface area contributed by atoms with Crippen molar-refractivity contribution in [1.29, 1.82) is 0 Å². The van der Waals surface area contributed by atoms with Gasteiger partial charge >= 0.3 is 0 Å². The Hall–Kier alpha value is -1.77. The van der Waals surface area contributed by atoms with Gasteiger partial charge in [0.1, 0.15) is 9.88 Å². The van der Waals surface area contributed by atoms with E-state index >= 15 is 0 Å². The Balaban J connectivity index is 1.27. The van der Waals surface area contributed by atoms with Crippen LogP contribution in [-0.4, -0.2) is 64.5 Å². The second-order valence-electron chi connectivity index (χ2n) is 7.21. The summed E-state index contributed by atoms with van der Waals surface area (Å²) in [5, 5.41) is 8.16. The first-order valence-corrected chi connectivity index (χ1v) is 10.0. The summed E-state index contributed by atoms with van der Waals surface area (Å²) in [5.41, 5.74) is 0.945. The average molecular weight is 375 g/mol. The zero-order chi connectivity index (χ0) is 17.9. The molecule has 0 saturated carbocycles. The summed E-state index contributed by atoms with van der Waals surface area (Å²) in [4.78, 5) is 20.1. The second kappa shape index (κ2) is 7.85. The molecule has 1 N–H and O–H groups in total. The van der Waals surface area contributed by atoms with E-state index < -0.39 is 0 Å². The summed E-state index contributed by atoms with van der Waals surface area (Å²) in [5.74, 6) is 0.671. The molecule has 4 heterocycles. The Kier molecular flexibility index (Phi) is 5.33. The number of carbonyl (C=O) groups is 1. The highest BCUT2D eigenvalue weighted by Crippen LogP contribution is 2.25. The fourth-order valence-corrected chi connectivity index (χ4v) is 4.45. The quantitative estimate of drug-likeness (QED) is 0.862. The standard InChI is InChI=1S/C18H25N5O2S/c1-22-11-14(8-20-22)18-19-9-16(26-18)17(24)21-15-2-5-23(6-3-15)10-13-4-7-25-12-13/h8-9,11,13,15H,2-7,10,12H2,1H3,(H,21,24). The number of amides is 1. The first kappa shape index (κ1) is 17.6. The van der Waals surface area contributed by atoms with Gasteiger partial charge in [0.2, 0.25) is 0 Å². The van der Waals surface area contributed by atoms with Crippen LogP contribution in [0.25, 0.3) is 10.6 Å². The lowest BCUT2D eigenvalue weighted by atomic mass is 10.0. The first-order valence-electron chi connectivity index (χ1n) is 9.23. The lowest BCUT2D eigenvalue weighted by Crippen LogP contribution is -2.45. The second-order valence-corrected chi connectivity index (χ2v) is 8.24. The van der Waals surface area contributed by atoms with E-state index in [4.69, 9.17) is 4.74 Å². The van der Waals surface area contributed by atoms with E-state index in [1.54, 1.807) is 17.1 Å². The average Bonchev–Trinajstić information content (AvgIpc) is 3.37. The van der Waals surface area contributed by atoms with Gasteiger partial charge in [-0.1, -0.05) is 0 Å². The number of likely N-dealkylation sites (tertiary alicyclic amines) is 1. The van der Waals surface area contributed by atoms with Gasteiger partial charge in [0.25, 0.3) is 5.91 Å². The lowest BCUT2D eigenvalue weighted by molar-refractivity contribution is 0.0907. The number of carbonyl (C=O) groups excluding carboxylic acids is 1. The summed E-state index contributed by atoms with van der Waals surface area (Å²) in [6.45, 7) is 5.04. The van der Waals surface area contributed by atoms with E-state index in [0.29, 0.717) is 10.8 Å². The van der Waals surface area contributed by atoms with Crippen molar-refractivity contribution in [3.63, 3.8) is 0 Å². The molecule has 26 heavy (non-hydrogen) atoms. The molecule has 7 nitrogen and oxygen atoms in total. The van der Waals surface area contributed by atoms with Gasteiger partial charge in [-0.2, -0.15) is 5.10 Å². The first-order chi connectivity index (χ1) is 12.7. The zero-order valence-electron chi connectivity index (χ0n) is 15.1. The van der Waals surface area contributed by atoms with Crippen LogP contribution in [0.15, 0.2) is 18.6 Å². The van der Waals surface area contributed by atoms with Crippen molar-refractivity contribution in [2.24, 2.45) is 13.0 Å². The molecule has 1 unspecified atom stereocenters. The Morgan fingerprint density at radius 3 is 2.88 bits per heavy atom. The summed E-state index contributed by atoms with van der Waals surface area (Å²) in [6, 6.07) is 0.252. The van der Waals surface area contributed by atoms with Gasteiger partial charge in [-0.3, -0.25) is 9.48 Å². The third kappa shape index (κ3) is 4.13. The Morgan fingerprint density at radius 1 is 1.35 bits per heavy atom. The molecule has 4 rings (SSSR count). The Labute approximate surface area is 157 Å². The van der Waals surface area contributed by atoms with Crippen LogP contribution in [0, 0.1) is 5.92 Å². The third-order valence-corrected chi connectivity index (χ3v) is 6.19. The predicted molar refractivity (Wildman–Crippen MR) is 100 cm³/mol. The molecule has 1 atom stereocenters. The minimum atomic E-state index is -0.0136. The highest BCUT2D eigenvalue weighted by atomic mass is 32.1. The van der Waals surface area contributed by atoms with Gasteiger partial charge in [0.05, 0.1) is 19.0 Å². The molecule has 2 aliphatic heterocycles. The maximum absolute atomic E-state index is 12.5. The maximum Gasteiger partial charge on any atom is 0.263 e. The van der Waals surface area contributed by atoms with Crippen molar-refractivity contribution in [2.75, 3.05) is 32.8 Å². The Bertz CT molecular complexity index is 744. The number of rotatable bonds is 5. The molecule has 2 aromatic heterocycles. The molecule has 0 radical (unpaired) electrons. The monoisotopic (exact) mass is 375 g/mol. The fraction of sp³-hybridized carbons (Fsp3) is 0.611. The van der Waals surface area contributed by atoms with E-state index in [9.17, 15) is 4.79 Å². The summed E-state index contributed by atoms with van der Waals surface area (Å²) in [7, 11) is 1.87. The number of nitrogens with one attached hydrogen (secondary N) is 1. The number of aryl methyl sites for hydroxylation is 1. The normalized spacial score (nSPS) is 22.0. The van der Waals surface area contributed by atoms with Crippen LogP contribution in [-0.2, 0) is 11.8 Å². The van der Waals surface area contributed by atoms with Crippen molar-refractivity contribution in [2.45, 2.75) is 25.3 Å². The van der Waals surface area contributed by atoms with Crippen molar-refractivity contribution in [3.8, 4) is 10.6 Å². The molecule has 2 saturated heterocycles. The van der Waals surface area contributed by atoms with Gasteiger partial charge in [-0.25, -0.2) is 4.98 Å². The smallest absolute Gasteiger partial charge is 0.263 e. The molecule has 2 fully saturated rings. The van der Waals surface area contributed by atoms with Crippen molar-refractivity contribution >= 4 is 17.2 Å². The summed E-state index contributed by atoms with van der Waals surface area (Å²) < 4.78 is 7.20. The number of piperidine rings is 1. The summed E-state index contributed by atoms with van der Waals surface area (Å²) >= 11 is 1.42. The third-order valence-electron chi connectivity index (χ3n) is 5.14. The number of aromatic nitrogens is 3. The highest BCUT2D eigenvalue weighted by Gasteiger charge is 2.25. The lowest BCUT2D eigenvalue weighted by Gasteiger charge is -2.33. The van der Waals surface area contributed by atoms with Crippen LogP contribution in [0.1, 0.15) is 28.9 Å². The number of thiazole rings is 1. The Morgan fingerprint density at radius 2 is 2.19 bits per heavy atom. The minimum Gasteiger partial charge on any atom is -0.381 e. The van der Waals surface area contributed by atoms with E-state index in [2.05, 4.69) is 20.3 Å².